The molecule has 0 bridgehead atoms. The fourth-order valence-electron chi connectivity index (χ4n) is 2.69. The maximum Gasteiger partial charge on any atom is 0.242 e. The van der Waals surface area contributed by atoms with Crippen molar-refractivity contribution in [3.8, 4) is 0 Å². The summed E-state index contributed by atoms with van der Waals surface area (Å²) < 4.78 is 0. The van der Waals surface area contributed by atoms with Crippen molar-refractivity contribution in [2.45, 2.75) is 19.3 Å². The Bertz CT molecular complexity index is 631. The molecule has 1 atom stereocenters. The topological polar surface area (TPSA) is 20.3 Å². The number of thiophene rings is 1. The van der Waals surface area contributed by atoms with Gasteiger partial charge in [-0.3, -0.25) is 4.79 Å². The second kappa shape index (κ2) is 3.69. The largest absolute Gasteiger partial charge is 0.314 e. The standard InChI is InChI=1S/C15H15NOS/c1-10-8-9-13(18-10)15(2)11-6-4-5-7-12(11)16(3)14(15)17/h4-9H,1-3H3. The summed E-state index contributed by atoms with van der Waals surface area (Å²) in [5.41, 5.74) is 1.61. The Kier molecular flexibility index (Phi) is 2.35. The summed E-state index contributed by atoms with van der Waals surface area (Å²) in [6.45, 7) is 4.11. The lowest BCUT2D eigenvalue weighted by Gasteiger charge is -2.21. The van der Waals surface area contributed by atoms with Crippen LogP contribution < -0.4 is 4.90 Å². The summed E-state index contributed by atoms with van der Waals surface area (Å²) in [7, 11) is 1.85. The fourth-order valence-corrected chi connectivity index (χ4v) is 3.71. The third kappa shape index (κ3) is 1.31. The van der Waals surface area contributed by atoms with Crippen LogP contribution in [0.15, 0.2) is 36.4 Å². The van der Waals surface area contributed by atoms with Crippen LogP contribution >= 0.6 is 11.3 Å². The first-order valence-corrected chi connectivity index (χ1v) is 6.81. The van der Waals surface area contributed by atoms with Crippen molar-refractivity contribution < 1.29 is 4.79 Å². The summed E-state index contributed by atoms with van der Waals surface area (Å²) in [4.78, 5) is 16.8. The molecule has 1 aliphatic heterocycles. The molecule has 3 heteroatoms. The van der Waals surface area contributed by atoms with Gasteiger partial charge in [0.05, 0.1) is 0 Å². The van der Waals surface area contributed by atoms with Crippen LogP contribution in [-0.4, -0.2) is 13.0 Å². The van der Waals surface area contributed by atoms with E-state index in [0.717, 1.165) is 16.1 Å². The molecule has 0 aliphatic carbocycles. The monoisotopic (exact) mass is 257 g/mol. The number of fused-ring (bicyclic) bond motifs is 1. The Hall–Kier alpha value is -1.61. The van der Waals surface area contributed by atoms with E-state index in [1.165, 1.54) is 4.88 Å². The van der Waals surface area contributed by atoms with Gasteiger partial charge < -0.3 is 4.90 Å². The summed E-state index contributed by atoms with van der Waals surface area (Å²) in [5, 5.41) is 0. The quantitative estimate of drug-likeness (QED) is 0.767. The SMILES string of the molecule is Cc1ccc(C2(C)C(=O)N(C)c3ccccc32)s1. The molecule has 2 aromatic rings. The van der Waals surface area contributed by atoms with Crippen molar-refractivity contribution in [3.63, 3.8) is 0 Å². The molecule has 2 heterocycles. The Balaban J connectivity index is 2.26. The van der Waals surface area contributed by atoms with Crippen molar-refractivity contribution in [2.24, 2.45) is 0 Å². The van der Waals surface area contributed by atoms with E-state index in [-0.39, 0.29) is 5.91 Å². The normalized spacial score (nSPS) is 22.4. The highest BCUT2D eigenvalue weighted by atomic mass is 32.1. The first kappa shape index (κ1) is 11.5. The van der Waals surface area contributed by atoms with Crippen LogP contribution in [0.4, 0.5) is 5.69 Å². The average Bonchev–Trinajstić information content (AvgIpc) is 2.89. The van der Waals surface area contributed by atoms with Crippen LogP contribution in [0, 0.1) is 6.92 Å². The molecule has 0 saturated heterocycles. The smallest absolute Gasteiger partial charge is 0.242 e. The predicted molar refractivity (Wildman–Crippen MR) is 75.4 cm³/mol. The molecule has 18 heavy (non-hydrogen) atoms. The van der Waals surface area contributed by atoms with Crippen LogP contribution in [-0.2, 0) is 10.2 Å². The van der Waals surface area contributed by atoms with E-state index >= 15 is 0 Å². The van der Waals surface area contributed by atoms with Crippen LogP contribution in [0.1, 0.15) is 22.2 Å². The molecule has 1 aliphatic rings. The zero-order valence-electron chi connectivity index (χ0n) is 10.7. The van der Waals surface area contributed by atoms with Gasteiger partial charge in [0, 0.05) is 22.5 Å². The maximum absolute atomic E-state index is 12.6. The van der Waals surface area contributed by atoms with Gasteiger partial charge in [0.2, 0.25) is 5.91 Å². The molecule has 1 aromatic carbocycles. The van der Waals surface area contributed by atoms with Crippen LogP contribution in [0.25, 0.3) is 0 Å². The number of benzene rings is 1. The Morgan fingerprint density at radius 2 is 1.89 bits per heavy atom. The number of carbonyl (C=O) groups is 1. The second-order valence-electron chi connectivity index (χ2n) is 4.92. The average molecular weight is 257 g/mol. The van der Waals surface area contributed by atoms with E-state index in [2.05, 4.69) is 25.1 Å². The summed E-state index contributed by atoms with van der Waals surface area (Å²) in [5.74, 6) is 0.158. The molecule has 3 rings (SSSR count). The van der Waals surface area contributed by atoms with Gasteiger partial charge in [0.1, 0.15) is 5.41 Å². The van der Waals surface area contributed by atoms with E-state index in [1.54, 1.807) is 16.2 Å². The number of rotatable bonds is 1. The van der Waals surface area contributed by atoms with Crippen molar-refractivity contribution in [1.82, 2.24) is 0 Å². The second-order valence-corrected chi connectivity index (χ2v) is 6.20. The molecule has 1 unspecified atom stereocenters. The molecule has 2 nitrogen and oxygen atoms in total. The summed E-state index contributed by atoms with van der Waals surface area (Å²) in [6, 6.07) is 12.2. The number of likely N-dealkylation sites (N-methyl/N-ethyl adjacent to an activating group) is 1. The Labute approximate surface area is 111 Å². The van der Waals surface area contributed by atoms with Crippen molar-refractivity contribution in [2.75, 3.05) is 11.9 Å². The van der Waals surface area contributed by atoms with Crippen molar-refractivity contribution in [1.29, 1.82) is 0 Å². The minimum Gasteiger partial charge on any atom is -0.314 e. The molecule has 0 fully saturated rings. The van der Waals surface area contributed by atoms with Gasteiger partial charge in [-0.25, -0.2) is 0 Å². The van der Waals surface area contributed by atoms with Crippen LogP contribution in [0.5, 0.6) is 0 Å². The third-order valence-electron chi connectivity index (χ3n) is 3.77. The van der Waals surface area contributed by atoms with Gasteiger partial charge in [-0.2, -0.15) is 0 Å². The number of aryl methyl sites for hydroxylation is 1. The highest BCUT2D eigenvalue weighted by molar-refractivity contribution is 7.12. The van der Waals surface area contributed by atoms with Gasteiger partial charge in [-0.15, -0.1) is 11.3 Å². The van der Waals surface area contributed by atoms with Crippen molar-refractivity contribution in [3.05, 3.63) is 51.7 Å². The maximum atomic E-state index is 12.6. The van der Waals surface area contributed by atoms with Gasteiger partial charge in [-0.1, -0.05) is 18.2 Å². The Morgan fingerprint density at radius 1 is 1.17 bits per heavy atom. The van der Waals surface area contributed by atoms with Crippen molar-refractivity contribution >= 4 is 22.9 Å². The molecular weight excluding hydrogens is 242 g/mol. The molecule has 0 saturated carbocycles. The molecule has 1 aromatic heterocycles. The van der Waals surface area contributed by atoms with E-state index < -0.39 is 5.41 Å². The lowest BCUT2D eigenvalue weighted by molar-refractivity contribution is -0.121. The van der Waals surface area contributed by atoms with E-state index in [9.17, 15) is 4.79 Å². The third-order valence-corrected chi connectivity index (χ3v) is 4.99. The van der Waals surface area contributed by atoms with E-state index in [4.69, 9.17) is 0 Å². The zero-order chi connectivity index (χ0) is 12.9. The predicted octanol–water partition coefficient (Wildman–Crippen LogP) is 3.34. The molecule has 92 valence electrons. The number of hydrogen-bond donors (Lipinski definition) is 0. The van der Waals surface area contributed by atoms with Crippen LogP contribution in [0.2, 0.25) is 0 Å². The fraction of sp³-hybridized carbons (Fsp3) is 0.267. The number of carbonyl (C=O) groups excluding carboxylic acids is 1. The van der Waals surface area contributed by atoms with Gasteiger partial charge in [0.25, 0.3) is 0 Å². The molecule has 0 radical (unpaired) electrons. The lowest BCUT2D eigenvalue weighted by Crippen LogP contribution is -2.36. The van der Waals surface area contributed by atoms with E-state index in [1.807, 2.05) is 32.2 Å². The van der Waals surface area contributed by atoms with Crippen LogP contribution in [0.3, 0.4) is 0 Å². The number of amides is 1. The minimum absolute atomic E-state index is 0.158. The van der Waals surface area contributed by atoms with E-state index in [0.29, 0.717) is 0 Å². The number of nitrogens with zero attached hydrogens (tertiary/aromatic N) is 1. The number of para-hydroxylation sites is 1. The molecule has 0 N–H and O–H groups in total. The van der Waals surface area contributed by atoms with Gasteiger partial charge in [0.15, 0.2) is 0 Å². The molecular formula is C15H15NOS. The highest BCUT2D eigenvalue weighted by Crippen LogP contribution is 2.46. The number of hydrogen-bond acceptors (Lipinski definition) is 2. The highest BCUT2D eigenvalue weighted by Gasteiger charge is 2.47. The van der Waals surface area contributed by atoms with Gasteiger partial charge >= 0.3 is 0 Å². The summed E-state index contributed by atoms with van der Waals surface area (Å²) in [6.07, 6.45) is 0. The molecule has 1 amide bonds. The summed E-state index contributed by atoms with van der Waals surface area (Å²) >= 11 is 1.71. The molecule has 0 spiro atoms. The lowest BCUT2D eigenvalue weighted by atomic mass is 9.82. The first-order chi connectivity index (χ1) is 8.55. The number of anilines is 1. The zero-order valence-corrected chi connectivity index (χ0v) is 11.5. The minimum atomic E-state index is -0.524. The first-order valence-electron chi connectivity index (χ1n) is 5.99. The Morgan fingerprint density at radius 3 is 2.56 bits per heavy atom. The van der Waals surface area contributed by atoms with Gasteiger partial charge in [-0.05, 0) is 37.6 Å².